The van der Waals surface area contributed by atoms with Gasteiger partial charge in [-0.1, -0.05) is 24.8 Å². The Morgan fingerprint density at radius 3 is 2.50 bits per heavy atom. The van der Waals surface area contributed by atoms with Crippen molar-refractivity contribution in [2.24, 2.45) is 4.99 Å². The van der Waals surface area contributed by atoms with E-state index in [2.05, 4.69) is 28.6 Å². The fourth-order valence-electron chi connectivity index (χ4n) is 1.40. The van der Waals surface area contributed by atoms with Crippen molar-refractivity contribution < 1.29 is 0 Å². The minimum atomic E-state index is 0.925. The molecule has 0 fully saturated rings. The number of aliphatic imine (C=N–C) groups is 1. The number of benzene rings is 1. The van der Waals surface area contributed by atoms with Crippen LogP contribution in [0, 0.1) is 0 Å². The third-order valence-corrected chi connectivity index (χ3v) is 2.10. The predicted molar refractivity (Wildman–Crippen MR) is 63.4 cm³/mol. The van der Waals surface area contributed by atoms with Crippen molar-refractivity contribution in [2.45, 2.75) is 0 Å². The van der Waals surface area contributed by atoms with E-state index < -0.39 is 0 Å². The molecule has 0 saturated carbocycles. The molecule has 2 nitrogen and oxygen atoms in total. The molecule has 0 saturated heterocycles. The largest absolute Gasteiger partial charge is 0.377 e. The molecule has 0 atom stereocenters. The lowest BCUT2D eigenvalue weighted by Gasteiger charge is -2.16. The molecular formula is C12H16N2. The van der Waals surface area contributed by atoms with Crippen molar-refractivity contribution in [3.63, 3.8) is 0 Å². The Morgan fingerprint density at radius 2 is 2.00 bits per heavy atom. The van der Waals surface area contributed by atoms with Crippen molar-refractivity contribution in [1.82, 2.24) is 0 Å². The summed E-state index contributed by atoms with van der Waals surface area (Å²) in [5.41, 5.74) is 3.21. The summed E-state index contributed by atoms with van der Waals surface area (Å²) in [7, 11) is 5.83. The first-order chi connectivity index (χ1) is 6.70. The molecule has 0 aliphatic carbocycles. The predicted octanol–water partition coefficient (Wildman–Crippen LogP) is 2.36. The van der Waals surface area contributed by atoms with Crippen LogP contribution in [0.4, 0.5) is 5.69 Å². The van der Waals surface area contributed by atoms with Crippen molar-refractivity contribution in [3.05, 3.63) is 42.5 Å². The first-order valence-corrected chi connectivity index (χ1v) is 4.56. The molecule has 14 heavy (non-hydrogen) atoms. The number of rotatable bonds is 3. The number of allylic oxidation sites excluding steroid dienone is 1. The van der Waals surface area contributed by atoms with Gasteiger partial charge in [0.15, 0.2) is 0 Å². The van der Waals surface area contributed by atoms with E-state index >= 15 is 0 Å². The molecule has 1 aromatic carbocycles. The van der Waals surface area contributed by atoms with Crippen LogP contribution >= 0.6 is 0 Å². The van der Waals surface area contributed by atoms with E-state index in [1.165, 1.54) is 0 Å². The van der Waals surface area contributed by atoms with Crippen molar-refractivity contribution in [1.29, 1.82) is 0 Å². The van der Waals surface area contributed by atoms with Gasteiger partial charge in [-0.3, -0.25) is 4.99 Å². The molecule has 0 heterocycles. The Morgan fingerprint density at radius 1 is 1.36 bits per heavy atom. The molecule has 0 amide bonds. The average molecular weight is 188 g/mol. The molecule has 0 unspecified atom stereocenters. The molecule has 0 N–H and O–H groups in total. The van der Waals surface area contributed by atoms with Crippen molar-refractivity contribution in [2.75, 3.05) is 26.0 Å². The van der Waals surface area contributed by atoms with Gasteiger partial charge in [0, 0.05) is 32.4 Å². The molecular weight excluding hydrogens is 172 g/mol. The zero-order chi connectivity index (χ0) is 10.6. The third kappa shape index (κ3) is 2.02. The second-order valence-corrected chi connectivity index (χ2v) is 3.22. The smallest absolute Gasteiger partial charge is 0.0658 e. The molecule has 74 valence electrons. The van der Waals surface area contributed by atoms with Gasteiger partial charge in [-0.15, -0.1) is 0 Å². The lowest BCUT2D eigenvalue weighted by molar-refractivity contribution is 1.13. The highest BCUT2D eigenvalue weighted by atomic mass is 15.1. The van der Waals surface area contributed by atoms with Crippen molar-refractivity contribution in [3.8, 4) is 0 Å². The Labute approximate surface area is 85.6 Å². The lowest BCUT2D eigenvalue weighted by Crippen LogP contribution is -2.13. The SMILES string of the molecule is C=C/C(=N/C)c1ccccc1N(C)C. The van der Waals surface area contributed by atoms with Gasteiger partial charge in [0.25, 0.3) is 0 Å². The molecule has 0 aromatic heterocycles. The molecule has 1 aromatic rings. The van der Waals surface area contributed by atoms with Crippen LogP contribution in [0.1, 0.15) is 5.56 Å². The van der Waals surface area contributed by atoms with E-state index in [1.807, 2.05) is 26.2 Å². The first kappa shape index (κ1) is 10.5. The second-order valence-electron chi connectivity index (χ2n) is 3.22. The highest BCUT2D eigenvalue weighted by Gasteiger charge is 2.06. The molecule has 1 rings (SSSR count). The van der Waals surface area contributed by atoms with Crippen molar-refractivity contribution >= 4 is 11.4 Å². The van der Waals surface area contributed by atoms with Crippen LogP contribution in [0.5, 0.6) is 0 Å². The van der Waals surface area contributed by atoms with Crippen LogP contribution in [0.2, 0.25) is 0 Å². The quantitative estimate of drug-likeness (QED) is 0.665. The summed E-state index contributed by atoms with van der Waals surface area (Å²) >= 11 is 0. The van der Waals surface area contributed by atoms with E-state index in [9.17, 15) is 0 Å². The van der Waals surface area contributed by atoms with Gasteiger partial charge in [-0.05, 0) is 12.1 Å². The topological polar surface area (TPSA) is 15.6 Å². The maximum Gasteiger partial charge on any atom is 0.0658 e. The summed E-state index contributed by atoms with van der Waals surface area (Å²) in [6.07, 6.45) is 1.78. The highest BCUT2D eigenvalue weighted by molar-refractivity contribution is 6.11. The van der Waals surface area contributed by atoms with Crippen LogP contribution in [0.3, 0.4) is 0 Å². The minimum Gasteiger partial charge on any atom is -0.377 e. The first-order valence-electron chi connectivity index (χ1n) is 4.56. The zero-order valence-electron chi connectivity index (χ0n) is 8.99. The molecule has 0 radical (unpaired) electrons. The van der Waals surface area contributed by atoms with Gasteiger partial charge in [0.2, 0.25) is 0 Å². The molecule has 0 aliphatic heterocycles. The Balaban J connectivity index is 3.26. The van der Waals surface area contributed by atoms with Crippen LogP contribution < -0.4 is 4.90 Å². The standard InChI is InChI=1S/C12H16N2/c1-5-11(13-2)10-8-6-7-9-12(10)14(3)4/h5-9H,1H2,2-4H3/b13-11-. The summed E-state index contributed by atoms with van der Waals surface area (Å²) in [6.45, 7) is 3.76. The Bertz CT molecular complexity index is 351. The Kier molecular flexibility index (Phi) is 3.46. The fraction of sp³-hybridized carbons (Fsp3) is 0.250. The summed E-state index contributed by atoms with van der Waals surface area (Å²) in [6, 6.07) is 8.16. The number of anilines is 1. The normalized spacial score (nSPS) is 11.2. The zero-order valence-corrected chi connectivity index (χ0v) is 8.99. The van der Waals surface area contributed by atoms with Gasteiger partial charge < -0.3 is 4.90 Å². The fourth-order valence-corrected chi connectivity index (χ4v) is 1.40. The molecule has 0 aliphatic rings. The van der Waals surface area contributed by atoms with Crippen LogP contribution in [0.15, 0.2) is 41.9 Å². The maximum atomic E-state index is 4.19. The van der Waals surface area contributed by atoms with Gasteiger partial charge in [0.05, 0.1) is 5.71 Å². The number of para-hydroxylation sites is 1. The monoisotopic (exact) mass is 188 g/mol. The molecule has 2 heteroatoms. The summed E-state index contributed by atoms with van der Waals surface area (Å²) < 4.78 is 0. The summed E-state index contributed by atoms with van der Waals surface area (Å²) in [5.74, 6) is 0. The summed E-state index contributed by atoms with van der Waals surface area (Å²) in [5, 5.41) is 0. The van der Waals surface area contributed by atoms with Gasteiger partial charge in [0.1, 0.15) is 0 Å². The van der Waals surface area contributed by atoms with Crippen LogP contribution in [-0.2, 0) is 0 Å². The number of hydrogen-bond acceptors (Lipinski definition) is 2. The second kappa shape index (κ2) is 4.61. The van der Waals surface area contributed by atoms with Crippen LogP contribution in [-0.4, -0.2) is 26.9 Å². The summed E-state index contributed by atoms with van der Waals surface area (Å²) in [4.78, 5) is 6.27. The van der Waals surface area contributed by atoms with Gasteiger partial charge in [-0.25, -0.2) is 0 Å². The maximum absolute atomic E-state index is 4.19. The number of hydrogen-bond donors (Lipinski definition) is 0. The molecule has 0 spiro atoms. The highest BCUT2D eigenvalue weighted by Crippen LogP contribution is 2.18. The van der Waals surface area contributed by atoms with E-state index in [4.69, 9.17) is 0 Å². The number of nitrogens with zero attached hydrogens (tertiary/aromatic N) is 2. The van der Waals surface area contributed by atoms with E-state index in [0.717, 1.165) is 17.0 Å². The Hall–Kier alpha value is -1.57. The third-order valence-electron chi connectivity index (χ3n) is 2.10. The lowest BCUT2D eigenvalue weighted by atomic mass is 10.1. The minimum absolute atomic E-state index is 0.925. The van der Waals surface area contributed by atoms with E-state index in [1.54, 1.807) is 13.1 Å². The van der Waals surface area contributed by atoms with Gasteiger partial charge in [-0.2, -0.15) is 0 Å². The average Bonchev–Trinajstić information content (AvgIpc) is 2.20. The van der Waals surface area contributed by atoms with Crippen LogP contribution in [0.25, 0.3) is 0 Å². The molecule has 0 bridgehead atoms. The van der Waals surface area contributed by atoms with E-state index in [-0.39, 0.29) is 0 Å². The van der Waals surface area contributed by atoms with Gasteiger partial charge >= 0.3 is 0 Å². The van der Waals surface area contributed by atoms with E-state index in [0.29, 0.717) is 0 Å².